The maximum Gasteiger partial charge on any atom is 0.319 e. The van der Waals surface area contributed by atoms with Gasteiger partial charge in [-0.3, -0.25) is 52.7 Å². The number of aliphatic hydroxyl groups excluding tert-OH is 2. The number of rotatable bonds is 43. The minimum atomic E-state index is -2.25. The fourth-order valence-electron chi connectivity index (χ4n) is 11.6. The van der Waals surface area contributed by atoms with Gasteiger partial charge in [-0.15, -0.1) is 0 Å². The Hall–Kier alpha value is -6.57. The van der Waals surface area contributed by atoms with E-state index in [2.05, 4.69) is 79.4 Å². The lowest BCUT2D eigenvalue weighted by Gasteiger charge is -2.43. The minimum absolute atomic E-state index is 0.00467. The lowest BCUT2D eigenvalue weighted by atomic mass is 9.74. The minimum Gasteiger partial charge on any atom is -0.466 e. The molecule has 24 nitrogen and oxygen atoms in total. The molecule has 0 amide bonds. The second kappa shape index (κ2) is 59.8. The van der Waals surface area contributed by atoms with Crippen molar-refractivity contribution >= 4 is 92.2 Å². The highest BCUT2D eigenvalue weighted by atomic mass is 35.5. The van der Waals surface area contributed by atoms with Crippen molar-refractivity contribution in [2.45, 2.75) is 353 Å². The maximum atomic E-state index is 13.8. The van der Waals surface area contributed by atoms with Gasteiger partial charge >= 0.3 is 29.8 Å². The highest BCUT2D eigenvalue weighted by Crippen LogP contribution is 2.43. The number of hydrogen-bond donors (Lipinski definition) is 2. The van der Waals surface area contributed by atoms with E-state index < -0.39 is 116 Å². The van der Waals surface area contributed by atoms with Crippen LogP contribution in [0.4, 0.5) is 0 Å². The highest BCUT2D eigenvalue weighted by Gasteiger charge is 2.50. The predicted octanol–water partition coefficient (Wildman–Crippen LogP) is 20.8. The van der Waals surface area contributed by atoms with E-state index in [1.165, 1.54) is 13.8 Å². The Labute approximate surface area is 772 Å². The van der Waals surface area contributed by atoms with E-state index >= 15 is 0 Å². The quantitative estimate of drug-likeness (QED) is 0.0133. The molecule has 0 fully saturated rings. The number of carbonyl (C=O) groups excluding carboxylic acids is 11. The van der Waals surface area contributed by atoms with Crippen molar-refractivity contribution in [1.82, 2.24) is 0 Å². The van der Waals surface area contributed by atoms with E-state index in [4.69, 9.17) is 63.5 Å². The number of esters is 5. The van der Waals surface area contributed by atoms with Crippen LogP contribution in [0.25, 0.3) is 0 Å². The normalized spacial score (nSPS) is 14.4. The third-order valence-corrected chi connectivity index (χ3v) is 30.8. The first kappa shape index (κ1) is 127. The summed E-state index contributed by atoms with van der Waals surface area (Å²) in [6.07, 6.45) is -1.97. The molecule has 0 spiro atoms. The zero-order chi connectivity index (χ0) is 100. The molecule has 0 aliphatic rings. The molecule has 0 saturated heterocycles. The van der Waals surface area contributed by atoms with Crippen molar-refractivity contribution < 1.29 is 114 Å². The Morgan fingerprint density at radius 2 is 0.669 bits per heavy atom. The van der Waals surface area contributed by atoms with Gasteiger partial charge in [-0.1, -0.05) is 202 Å². The van der Waals surface area contributed by atoms with Gasteiger partial charge in [0.1, 0.15) is 34.1 Å². The molecule has 0 unspecified atom stereocenters. The summed E-state index contributed by atoms with van der Waals surface area (Å²) in [5.74, 6) is -5.54. The van der Waals surface area contributed by atoms with Crippen molar-refractivity contribution in [2.24, 2.45) is 63.1 Å². The average Bonchev–Trinajstić information content (AvgIpc) is 0.798. The fraction of sp³-hybridized carbons (Fsp3) is 0.710. The standard InChI is InChI=1S/C30H50O6Si.C26H44O5Si.C20H30O5.C9H16O3.C6H14O2.C6H12O2.C3H5ClO/c1-21(19-34-20-23-16-14-13-15-17-23)26(36-37(11,12)29(6,7)8)22(2)27(33)30(9,10)24(31)18-25(32)35-28(3,4)5;1-11-30-24(28)26(7,8)23(27)20(3)22(31-32(9,10)25(4,5)6)19(2)17-29-18-21-15-13-12-14-16-21;1-6-25-19(23)20(4,5)18(22)15(3)17(21)14(2)12-24-13-16-10-8-7-9-11-16;1-5-7(10)9(3,4)8(11)12-6-2;1-5(7)8-6(2,3)4;1-4-8-6(7)5(2)3;1-2-3(4)5/h13-17,21-22,26H,18-20H2,1-12H3;12-16,19-20,22H,11,17-18H2,1-10H3;7-11,14-15,17,21H,6,12-13H2,1-5H3;5-6H2,1-4H3;5,7H,1-4H3;5H,4H2,1-3H3;2H2,1H3/t21-,22+,26-;19-,20+,22+;14-,15+,17-;;5-;;/m000.0../s1. The summed E-state index contributed by atoms with van der Waals surface area (Å²) < 4.78 is 61.1. The smallest absolute Gasteiger partial charge is 0.319 e. The number of aliphatic hydroxyl groups is 2. The molecule has 27 heteroatoms. The SMILES string of the molecule is CCC(=O)Cl.CCOC(=O)C(C)(C)C(=O)CC.CCOC(=O)C(C)(C)C(=O)[C@H](C)[C@@H](O)[C@@H](C)COCc1ccccc1.CCOC(=O)C(C)(C)C(=O)[C@H](C)[C@H](O[Si](C)(C)C(C)(C)C)[C@@H](C)COCc1ccccc1.CCOC(=O)C(C)C.C[C@@H](COCc1ccccc1)[C@H](O[Si](C)(C)C(C)(C)C)[C@@H](C)C(=O)C(C)(C)C(=O)CC(=O)OC(C)(C)C.C[C@@H](O)OC(C)(C)C. The third-order valence-electron chi connectivity index (χ3n) is 21.6. The molecule has 3 aromatic carbocycles. The number of carbonyl (C=O) groups is 11. The summed E-state index contributed by atoms with van der Waals surface area (Å²) in [4.78, 5) is 132. The van der Waals surface area contributed by atoms with E-state index in [0.29, 0.717) is 65.7 Å². The van der Waals surface area contributed by atoms with Crippen LogP contribution in [0.1, 0.15) is 278 Å². The number of ether oxygens (including phenoxy) is 9. The lowest BCUT2D eigenvalue weighted by molar-refractivity contribution is -0.162. The summed E-state index contributed by atoms with van der Waals surface area (Å²) >= 11 is 4.82. The highest BCUT2D eigenvalue weighted by molar-refractivity contribution is 6.74. The van der Waals surface area contributed by atoms with Crippen molar-refractivity contribution in [1.29, 1.82) is 0 Å². The van der Waals surface area contributed by atoms with E-state index in [1.807, 2.05) is 153 Å². The third kappa shape index (κ3) is 50.0. The molecule has 3 aromatic rings. The molecule has 0 heterocycles. The molecular formula is C100H171ClO24Si2. The predicted molar refractivity (Wildman–Crippen MR) is 509 cm³/mol. The van der Waals surface area contributed by atoms with Gasteiger partial charge in [-0.2, -0.15) is 0 Å². The molecule has 0 saturated carbocycles. The lowest BCUT2D eigenvalue weighted by Crippen LogP contribution is -2.51. The van der Waals surface area contributed by atoms with Crippen molar-refractivity contribution in [3.63, 3.8) is 0 Å². The first-order chi connectivity index (χ1) is 57.9. The van der Waals surface area contributed by atoms with Gasteiger partial charge < -0.3 is 61.7 Å². The van der Waals surface area contributed by atoms with Gasteiger partial charge in [0.25, 0.3) is 0 Å². The number of ketones is 5. The maximum absolute atomic E-state index is 13.8. The van der Waals surface area contributed by atoms with Gasteiger partial charge in [-0.25, -0.2) is 0 Å². The first-order valence-electron chi connectivity index (χ1n) is 44.9. The van der Waals surface area contributed by atoms with E-state index in [1.54, 1.807) is 118 Å². The average molecular weight is 1850 g/mol. The monoisotopic (exact) mass is 1850 g/mol. The van der Waals surface area contributed by atoms with Crippen LogP contribution in [0.2, 0.25) is 36.3 Å². The Morgan fingerprint density at radius 3 is 0.913 bits per heavy atom. The molecule has 0 aliphatic heterocycles. The van der Waals surface area contributed by atoms with Crippen molar-refractivity contribution in [3.8, 4) is 0 Å². The number of Topliss-reactive ketones (excluding diaryl/α,β-unsaturated/α-hetero) is 5. The number of benzene rings is 3. The molecule has 0 bridgehead atoms. The summed E-state index contributed by atoms with van der Waals surface area (Å²) in [6, 6.07) is 29.7. The van der Waals surface area contributed by atoms with Crippen molar-refractivity contribution in [2.75, 3.05) is 46.2 Å². The number of halogens is 1. The first-order valence-corrected chi connectivity index (χ1v) is 51.1. The van der Waals surface area contributed by atoms with Gasteiger partial charge in [0.2, 0.25) is 5.24 Å². The van der Waals surface area contributed by atoms with Crippen LogP contribution in [0.3, 0.4) is 0 Å². The molecule has 0 radical (unpaired) electrons. The molecule has 0 aromatic heterocycles. The summed E-state index contributed by atoms with van der Waals surface area (Å²) in [7, 11) is -4.42. The van der Waals surface area contributed by atoms with Crippen LogP contribution in [-0.2, 0) is 124 Å². The van der Waals surface area contributed by atoms with Gasteiger partial charge in [0.05, 0.1) is 101 Å². The summed E-state index contributed by atoms with van der Waals surface area (Å²) in [5.41, 5.74) is -2.53. The molecular weight excluding hydrogens is 1680 g/mol. The summed E-state index contributed by atoms with van der Waals surface area (Å²) in [6.45, 7) is 76.2. The van der Waals surface area contributed by atoms with Gasteiger partial charge in [0.15, 0.2) is 46.1 Å². The van der Waals surface area contributed by atoms with Crippen LogP contribution in [0.15, 0.2) is 91.0 Å². The van der Waals surface area contributed by atoms with Crippen LogP contribution >= 0.6 is 11.6 Å². The van der Waals surface area contributed by atoms with Crippen LogP contribution in [0.5, 0.6) is 0 Å². The summed E-state index contributed by atoms with van der Waals surface area (Å²) in [5, 5.41) is 18.8. The van der Waals surface area contributed by atoms with Crippen LogP contribution in [-0.4, -0.2) is 173 Å². The number of hydrogen-bond acceptors (Lipinski definition) is 24. The fourth-order valence-corrected chi connectivity index (χ4v) is 14.5. The molecule has 10 atom stereocenters. The van der Waals surface area contributed by atoms with E-state index in [0.717, 1.165) is 16.7 Å². The zero-order valence-corrected chi connectivity index (χ0v) is 88.2. The second-order valence-electron chi connectivity index (χ2n) is 39.6. The van der Waals surface area contributed by atoms with E-state index in [9.17, 15) is 57.8 Å². The Balaban J connectivity index is -0.000000762. The molecule has 3 rings (SSSR count). The molecule has 0 aliphatic carbocycles. The van der Waals surface area contributed by atoms with E-state index in [-0.39, 0.29) is 93.0 Å². The largest absolute Gasteiger partial charge is 0.466 e. The van der Waals surface area contributed by atoms with Gasteiger partial charge in [-0.05, 0) is 196 Å². The second-order valence-corrected chi connectivity index (χ2v) is 49.6. The Kier molecular flexibility index (Phi) is 59.6. The molecule has 2 N–H and O–H groups in total. The van der Waals surface area contributed by atoms with Gasteiger partial charge in [0, 0.05) is 48.3 Å². The molecule has 730 valence electrons. The van der Waals surface area contributed by atoms with Crippen LogP contribution in [0, 0.1) is 63.1 Å². The molecule has 127 heavy (non-hydrogen) atoms. The Morgan fingerprint density at radius 1 is 0.378 bits per heavy atom. The van der Waals surface area contributed by atoms with Crippen LogP contribution < -0.4 is 0 Å². The topological polar surface area (TPSA) is 330 Å². The van der Waals surface area contributed by atoms with Crippen molar-refractivity contribution in [3.05, 3.63) is 108 Å². The zero-order valence-electron chi connectivity index (χ0n) is 85.5. The Bertz CT molecular complexity index is 3700.